The molecule has 1 aromatic heterocycles. The number of methoxy groups -OCH3 is 1. The first kappa shape index (κ1) is 18.3. The molecule has 7 nitrogen and oxygen atoms in total. The monoisotopic (exact) mass is 358 g/mol. The first-order valence-electron chi connectivity index (χ1n) is 8.90. The highest BCUT2D eigenvalue weighted by Crippen LogP contribution is 2.25. The van der Waals surface area contributed by atoms with Crippen molar-refractivity contribution in [3.63, 3.8) is 0 Å². The number of aliphatic hydroxyl groups is 1. The van der Waals surface area contributed by atoms with Crippen LogP contribution in [-0.2, 0) is 7.05 Å². The average Bonchev–Trinajstić information content (AvgIpc) is 3.11. The van der Waals surface area contributed by atoms with Gasteiger partial charge in [-0.2, -0.15) is 0 Å². The van der Waals surface area contributed by atoms with Gasteiger partial charge in [0.1, 0.15) is 17.6 Å². The van der Waals surface area contributed by atoms with E-state index < -0.39 is 0 Å². The highest BCUT2D eigenvalue weighted by Gasteiger charge is 2.27. The number of nitrogens with one attached hydrogen (secondary N) is 1. The lowest BCUT2D eigenvalue weighted by Gasteiger charge is -2.33. The van der Waals surface area contributed by atoms with E-state index in [1.807, 2.05) is 42.1 Å². The quantitative estimate of drug-likeness (QED) is 0.856. The molecule has 3 rings (SSSR count). The van der Waals surface area contributed by atoms with Crippen LogP contribution in [0, 0.1) is 5.92 Å². The Morgan fingerprint density at radius 2 is 2.35 bits per heavy atom. The summed E-state index contributed by atoms with van der Waals surface area (Å²) in [5.74, 6) is 1.63. The molecule has 0 saturated carbocycles. The molecule has 0 aliphatic carbocycles. The summed E-state index contributed by atoms with van der Waals surface area (Å²) < 4.78 is 7.22. The van der Waals surface area contributed by atoms with Gasteiger partial charge in [0, 0.05) is 39.1 Å². The standard InChI is InChI=1S/C19H26N4O3/c1-22-10-8-20-18(22)17(15-6-3-7-16(11-15)26-2)21-19(25)23-9-4-5-14(12-23)13-24/h3,6-8,10-11,14,17,24H,4-5,9,12-13H2,1-2H3,(H,21,25). The normalized spacial score (nSPS) is 18.4. The molecule has 1 fully saturated rings. The lowest BCUT2D eigenvalue weighted by atomic mass is 9.99. The van der Waals surface area contributed by atoms with Crippen LogP contribution in [0.5, 0.6) is 5.75 Å². The number of benzene rings is 1. The van der Waals surface area contributed by atoms with Gasteiger partial charge >= 0.3 is 6.03 Å². The predicted octanol–water partition coefficient (Wildman–Crippen LogP) is 1.93. The average molecular weight is 358 g/mol. The number of amides is 2. The molecule has 2 unspecified atom stereocenters. The van der Waals surface area contributed by atoms with Gasteiger partial charge in [-0.25, -0.2) is 9.78 Å². The van der Waals surface area contributed by atoms with E-state index in [0.717, 1.165) is 30.0 Å². The summed E-state index contributed by atoms with van der Waals surface area (Å²) in [5, 5.41) is 12.5. The predicted molar refractivity (Wildman–Crippen MR) is 98.0 cm³/mol. The molecule has 2 N–H and O–H groups in total. The van der Waals surface area contributed by atoms with E-state index in [2.05, 4.69) is 10.3 Å². The van der Waals surface area contributed by atoms with Crippen molar-refractivity contribution in [2.75, 3.05) is 26.8 Å². The minimum absolute atomic E-state index is 0.114. The van der Waals surface area contributed by atoms with E-state index in [1.54, 1.807) is 18.2 Å². The van der Waals surface area contributed by atoms with Crippen LogP contribution in [-0.4, -0.2) is 52.4 Å². The molecular weight excluding hydrogens is 332 g/mol. The summed E-state index contributed by atoms with van der Waals surface area (Å²) >= 11 is 0. The van der Waals surface area contributed by atoms with Crippen LogP contribution in [0.1, 0.15) is 30.3 Å². The van der Waals surface area contributed by atoms with Crippen molar-refractivity contribution in [2.24, 2.45) is 13.0 Å². The molecule has 1 aliphatic rings. The summed E-state index contributed by atoms with van der Waals surface area (Å²) in [6.07, 6.45) is 5.44. The maximum absolute atomic E-state index is 12.9. The first-order valence-corrected chi connectivity index (χ1v) is 8.90. The molecule has 140 valence electrons. The Balaban J connectivity index is 1.84. The van der Waals surface area contributed by atoms with Crippen molar-refractivity contribution in [3.8, 4) is 5.75 Å². The van der Waals surface area contributed by atoms with Crippen LogP contribution in [0.25, 0.3) is 0 Å². The number of ether oxygens (including phenoxy) is 1. The Kier molecular flexibility index (Phi) is 5.78. The number of aliphatic hydroxyl groups excluding tert-OH is 1. The number of aromatic nitrogens is 2. The second-order valence-corrected chi connectivity index (χ2v) is 6.69. The number of nitrogens with zero attached hydrogens (tertiary/aromatic N) is 3. The van der Waals surface area contributed by atoms with Crippen molar-refractivity contribution in [3.05, 3.63) is 48.0 Å². The zero-order valence-electron chi connectivity index (χ0n) is 15.3. The molecule has 0 bridgehead atoms. The van der Waals surface area contributed by atoms with E-state index in [9.17, 15) is 9.90 Å². The lowest BCUT2D eigenvalue weighted by Crippen LogP contribution is -2.47. The van der Waals surface area contributed by atoms with Crippen LogP contribution in [0.3, 0.4) is 0 Å². The Bertz CT molecular complexity index is 746. The van der Waals surface area contributed by atoms with Crippen molar-refractivity contribution in [1.29, 1.82) is 0 Å². The lowest BCUT2D eigenvalue weighted by molar-refractivity contribution is 0.128. The van der Waals surface area contributed by atoms with Gasteiger partial charge in [0.2, 0.25) is 0 Å². The summed E-state index contributed by atoms with van der Waals surface area (Å²) in [6.45, 7) is 1.39. The van der Waals surface area contributed by atoms with E-state index in [-0.39, 0.29) is 24.6 Å². The van der Waals surface area contributed by atoms with E-state index in [1.165, 1.54) is 0 Å². The second kappa shape index (κ2) is 8.23. The van der Waals surface area contributed by atoms with E-state index >= 15 is 0 Å². The van der Waals surface area contributed by atoms with Crippen LogP contribution in [0.4, 0.5) is 4.79 Å². The number of piperidine rings is 1. The van der Waals surface area contributed by atoms with Gasteiger partial charge < -0.3 is 24.6 Å². The zero-order chi connectivity index (χ0) is 18.5. The molecule has 1 aliphatic heterocycles. The van der Waals surface area contributed by atoms with Gasteiger partial charge in [-0.3, -0.25) is 0 Å². The SMILES string of the molecule is COc1cccc(C(NC(=O)N2CCCC(CO)C2)c2nccn2C)c1. The summed E-state index contributed by atoms with van der Waals surface area (Å²) in [7, 11) is 3.53. The fourth-order valence-corrected chi connectivity index (χ4v) is 3.39. The van der Waals surface area contributed by atoms with Crippen molar-refractivity contribution < 1.29 is 14.6 Å². The second-order valence-electron chi connectivity index (χ2n) is 6.69. The fourth-order valence-electron chi connectivity index (χ4n) is 3.39. The van der Waals surface area contributed by atoms with Gasteiger partial charge in [-0.05, 0) is 36.5 Å². The zero-order valence-corrected chi connectivity index (χ0v) is 15.3. The molecule has 2 atom stereocenters. The third-order valence-electron chi connectivity index (χ3n) is 4.88. The van der Waals surface area contributed by atoms with Crippen LogP contribution in [0.2, 0.25) is 0 Å². The van der Waals surface area contributed by atoms with E-state index in [0.29, 0.717) is 13.1 Å². The number of carbonyl (C=O) groups is 1. The molecule has 2 heterocycles. The Hall–Kier alpha value is -2.54. The van der Waals surface area contributed by atoms with Crippen LogP contribution < -0.4 is 10.1 Å². The Labute approximate surface area is 153 Å². The first-order chi connectivity index (χ1) is 12.6. The number of likely N-dealkylation sites (tertiary alicyclic amines) is 1. The highest BCUT2D eigenvalue weighted by molar-refractivity contribution is 5.75. The largest absolute Gasteiger partial charge is 0.497 e. The Morgan fingerprint density at radius 3 is 3.04 bits per heavy atom. The highest BCUT2D eigenvalue weighted by atomic mass is 16.5. The molecule has 7 heteroatoms. The third kappa shape index (κ3) is 3.99. The van der Waals surface area contributed by atoms with Crippen molar-refractivity contribution in [2.45, 2.75) is 18.9 Å². The molecule has 1 saturated heterocycles. The molecule has 2 amide bonds. The summed E-state index contributed by atoms with van der Waals surface area (Å²) in [4.78, 5) is 19.1. The van der Waals surface area contributed by atoms with Gasteiger partial charge in [0.15, 0.2) is 0 Å². The molecule has 26 heavy (non-hydrogen) atoms. The molecule has 0 spiro atoms. The Morgan fingerprint density at radius 1 is 1.50 bits per heavy atom. The van der Waals surface area contributed by atoms with Gasteiger partial charge in [-0.15, -0.1) is 0 Å². The summed E-state index contributed by atoms with van der Waals surface area (Å²) in [5.41, 5.74) is 0.905. The van der Waals surface area contributed by atoms with Crippen LogP contribution >= 0.6 is 0 Å². The smallest absolute Gasteiger partial charge is 0.318 e. The number of hydrogen-bond donors (Lipinski definition) is 2. The number of hydrogen-bond acceptors (Lipinski definition) is 4. The van der Waals surface area contributed by atoms with E-state index in [4.69, 9.17) is 4.74 Å². The van der Waals surface area contributed by atoms with Crippen molar-refractivity contribution in [1.82, 2.24) is 19.8 Å². The molecule has 1 aromatic carbocycles. The fraction of sp³-hybridized carbons (Fsp3) is 0.474. The molecule has 2 aromatic rings. The minimum Gasteiger partial charge on any atom is -0.497 e. The number of aryl methyl sites for hydroxylation is 1. The minimum atomic E-state index is -0.382. The number of urea groups is 1. The third-order valence-corrected chi connectivity index (χ3v) is 4.88. The van der Waals surface area contributed by atoms with Gasteiger partial charge in [-0.1, -0.05) is 12.1 Å². The molecule has 0 radical (unpaired) electrons. The molecular formula is C19H26N4O3. The van der Waals surface area contributed by atoms with Crippen molar-refractivity contribution >= 4 is 6.03 Å². The maximum Gasteiger partial charge on any atom is 0.318 e. The number of carbonyl (C=O) groups excluding carboxylic acids is 1. The number of rotatable bonds is 5. The topological polar surface area (TPSA) is 79.6 Å². The maximum atomic E-state index is 12.9. The van der Waals surface area contributed by atoms with Gasteiger partial charge in [0.25, 0.3) is 0 Å². The van der Waals surface area contributed by atoms with Gasteiger partial charge in [0.05, 0.1) is 7.11 Å². The number of imidazole rings is 1. The summed E-state index contributed by atoms with van der Waals surface area (Å²) in [6, 6.07) is 7.11. The van der Waals surface area contributed by atoms with Crippen LogP contribution in [0.15, 0.2) is 36.7 Å².